The molecule has 8 nitrogen and oxygen atoms in total. The van der Waals surface area contributed by atoms with Crippen LogP contribution in [0, 0.1) is 5.92 Å². The van der Waals surface area contributed by atoms with Crippen molar-refractivity contribution in [1.29, 1.82) is 0 Å². The number of amides is 2. The first-order chi connectivity index (χ1) is 15.6. The Morgan fingerprint density at radius 3 is 2.18 bits per heavy atom. The molecule has 1 fully saturated rings. The summed E-state index contributed by atoms with van der Waals surface area (Å²) in [5.74, 6) is -1.88. The average molecular weight is 481 g/mol. The zero-order valence-electron chi connectivity index (χ0n) is 19.6. The SMILES string of the molecule is CCOC(=O)CC[C@@H](NC(=O)[C@@H](NC(=O)C(C)(C)c1ccc(Cl)cc1)C1CC1)C(=O)OCC. The minimum absolute atomic E-state index is 0.0112. The van der Waals surface area contributed by atoms with Gasteiger partial charge in [-0.3, -0.25) is 14.4 Å². The Labute approximate surface area is 199 Å². The van der Waals surface area contributed by atoms with Gasteiger partial charge in [0.1, 0.15) is 12.1 Å². The zero-order valence-corrected chi connectivity index (χ0v) is 20.4. The smallest absolute Gasteiger partial charge is 0.328 e. The second-order valence-corrected chi connectivity index (χ2v) is 9.01. The third-order valence-corrected chi connectivity index (χ3v) is 5.88. The lowest BCUT2D eigenvalue weighted by molar-refractivity contribution is -0.149. The van der Waals surface area contributed by atoms with Crippen LogP contribution in [-0.2, 0) is 34.1 Å². The molecule has 0 heterocycles. The number of hydrogen-bond acceptors (Lipinski definition) is 6. The number of hydrogen-bond donors (Lipinski definition) is 2. The second kappa shape index (κ2) is 12.0. The topological polar surface area (TPSA) is 111 Å². The summed E-state index contributed by atoms with van der Waals surface area (Å²) >= 11 is 5.96. The Bertz CT molecular complexity index is 851. The lowest BCUT2D eigenvalue weighted by Crippen LogP contribution is -2.55. The highest BCUT2D eigenvalue weighted by Gasteiger charge is 2.41. The van der Waals surface area contributed by atoms with Gasteiger partial charge in [0.05, 0.1) is 18.6 Å². The van der Waals surface area contributed by atoms with E-state index < -0.39 is 35.3 Å². The van der Waals surface area contributed by atoms with Crippen molar-refractivity contribution < 1.29 is 28.7 Å². The van der Waals surface area contributed by atoms with Crippen molar-refractivity contribution in [1.82, 2.24) is 10.6 Å². The fourth-order valence-corrected chi connectivity index (χ4v) is 3.52. The molecule has 33 heavy (non-hydrogen) atoms. The van der Waals surface area contributed by atoms with E-state index in [1.54, 1.807) is 52.0 Å². The predicted molar refractivity (Wildman–Crippen MR) is 124 cm³/mol. The molecule has 0 spiro atoms. The fraction of sp³-hybridized carbons (Fsp3) is 0.583. The minimum Gasteiger partial charge on any atom is -0.466 e. The summed E-state index contributed by atoms with van der Waals surface area (Å²) in [6, 6.07) is 5.18. The summed E-state index contributed by atoms with van der Waals surface area (Å²) < 4.78 is 9.96. The highest BCUT2D eigenvalue weighted by Crippen LogP contribution is 2.34. The van der Waals surface area contributed by atoms with Crippen molar-refractivity contribution in [3.63, 3.8) is 0 Å². The van der Waals surface area contributed by atoms with Gasteiger partial charge in [-0.2, -0.15) is 0 Å². The standard InChI is InChI=1S/C24H33ClN2O6/c1-5-32-19(28)14-13-18(22(30)33-6-2)26-21(29)20(15-7-8-15)27-23(31)24(3,4)16-9-11-17(25)12-10-16/h9-12,15,18,20H,5-8,13-14H2,1-4H3,(H,26,29)(H,27,31)/t18-,20+/m1/s1. The van der Waals surface area contributed by atoms with E-state index in [0.29, 0.717) is 5.02 Å². The van der Waals surface area contributed by atoms with E-state index in [1.807, 2.05) is 0 Å². The summed E-state index contributed by atoms with van der Waals surface area (Å²) in [4.78, 5) is 50.3. The van der Waals surface area contributed by atoms with E-state index in [4.69, 9.17) is 21.1 Å². The molecule has 1 aromatic carbocycles. The summed E-state index contributed by atoms with van der Waals surface area (Å²) in [5.41, 5.74) is -0.138. The van der Waals surface area contributed by atoms with Gasteiger partial charge in [-0.1, -0.05) is 23.7 Å². The van der Waals surface area contributed by atoms with Crippen molar-refractivity contribution in [2.24, 2.45) is 5.92 Å². The number of benzene rings is 1. The van der Waals surface area contributed by atoms with Crippen molar-refractivity contribution >= 4 is 35.4 Å². The van der Waals surface area contributed by atoms with Crippen molar-refractivity contribution in [3.05, 3.63) is 34.9 Å². The molecular formula is C24H33ClN2O6. The van der Waals surface area contributed by atoms with E-state index in [9.17, 15) is 19.2 Å². The van der Waals surface area contributed by atoms with E-state index >= 15 is 0 Å². The normalized spacial score (nSPS) is 15.2. The van der Waals surface area contributed by atoms with Crippen LogP contribution in [0.15, 0.2) is 24.3 Å². The Morgan fingerprint density at radius 2 is 1.64 bits per heavy atom. The first kappa shape index (κ1) is 26.6. The summed E-state index contributed by atoms with van der Waals surface area (Å²) in [5, 5.41) is 6.10. The van der Waals surface area contributed by atoms with Crippen LogP contribution >= 0.6 is 11.6 Å². The molecule has 0 unspecified atom stereocenters. The molecule has 2 rings (SSSR count). The lowest BCUT2D eigenvalue weighted by atomic mass is 9.83. The molecule has 182 valence electrons. The molecule has 1 saturated carbocycles. The van der Waals surface area contributed by atoms with Gasteiger partial charge in [0.2, 0.25) is 11.8 Å². The van der Waals surface area contributed by atoms with Crippen LogP contribution in [-0.4, -0.2) is 49.1 Å². The van der Waals surface area contributed by atoms with Gasteiger partial charge < -0.3 is 20.1 Å². The van der Waals surface area contributed by atoms with Crippen LogP contribution in [0.2, 0.25) is 5.02 Å². The number of carbonyl (C=O) groups is 4. The van der Waals surface area contributed by atoms with E-state index in [-0.39, 0.29) is 37.9 Å². The van der Waals surface area contributed by atoms with Gasteiger partial charge in [-0.05, 0) is 70.6 Å². The first-order valence-electron chi connectivity index (χ1n) is 11.3. The number of rotatable bonds is 12. The van der Waals surface area contributed by atoms with Gasteiger partial charge in [0.15, 0.2) is 0 Å². The van der Waals surface area contributed by atoms with Crippen molar-refractivity contribution in [2.45, 2.75) is 70.9 Å². The van der Waals surface area contributed by atoms with Crippen molar-refractivity contribution in [2.75, 3.05) is 13.2 Å². The molecule has 0 bridgehead atoms. The third kappa shape index (κ3) is 7.74. The molecule has 2 atom stereocenters. The van der Waals surface area contributed by atoms with E-state index in [2.05, 4.69) is 10.6 Å². The predicted octanol–water partition coefficient (Wildman–Crippen LogP) is 2.90. The van der Waals surface area contributed by atoms with E-state index in [0.717, 1.165) is 18.4 Å². The molecule has 2 N–H and O–H groups in total. The highest BCUT2D eigenvalue weighted by atomic mass is 35.5. The quantitative estimate of drug-likeness (QED) is 0.445. The van der Waals surface area contributed by atoms with Crippen LogP contribution in [0.3, 0.4) is 0 Å². The van der Waals surface area contributed by atoms with Crippen LogP contribution in [0.5, 0.6) is 0 Å². The molecule has 9 heteroatoms. The number of esters is 2. The zero-order chi connectivity index (χ0) is 24.6. The summed E-state index contributed by atoms with van der Waals surface area (Å²) in [6.07, 6.45) is 1.60. The molecule has 0 saturated heterocycles. The van der Waals surface area contributed by atoms with Gasteiger partial charge in [0, 0.05) is 11.4 Å². The molecule has 0 aliphatic heterocycles. The second-order valence-electron chi connectivity index (χ2n) is 8.58. The van der Waals surface area contributed by atoms with E-state index in [1.165, 1.54) is 0 Å². The number of carbonyl (C=O) groups excluding carboxylic acids is 4. The Balaban J connectivity index is 2.10. The summed E-state index contributed by atoms with van der Waals surface area (Å²) in [7, 11) is 0. The minimum atomic E-state index is -1.01. The number of halogens is 1. The molecule has 0 aromatic heterocycles. The number of nitrogens with one attached hydrogen (secondary N) is 2. The number of ether oxygens (including phenoxy) is 2. The van der Waals surface area contributed by atoms with Gasteiger partial charge >= 0.3 is 11.9 Å². The molecule has 1 aromatic rings. The van der Waals surface area contributed by atoms with Gasteiger partial charge in [-0.15, -0.1) is 0 Å². The highest BCUT2D eigenvalue weighted by molar-refractivity contribution is 6.30. The van der Waals surface area contributed by atoms with Gasteiger partial charge in [-0.25, -0.2) is 4.79 Å². The molecule has 1 aliphatic rings. The van der Waals surface area contributed by atoms with Crippen LogP contribution in [0.25, 0.3) is 0 Å². The van der Waals surface area contributed by atoms with Gasteiger partial charge in [0.25, 0.3) is 0 Å². The molecule has 1 aliphatic carbocycles. The maximum absolute atomic E-state index is 13.1. The first-order valence-corrected chi connectivity index (χ1v) is 11.7. The Morgan fingerprint density at radius 1 is 1.03 bits per heavy atom. The Hall–Kier alpha value is -2.61. The average Bonchev–Trinajstić information content (AvgIpc) is 3.60. The summed E-state index contributed by atoms with van der Waals surface area (Å²) in [6.45, 7) is 7.27. The lowest BCUT2D eigenvalue weighted by Gasteiger charge is -2.28. The monoisotopic (exact) mass is 480 g/mol. The van der Waals surface area contributed by atoms with Crippen LogP contribution in [0.1, 0.15) is 58.9 Å². The molecule has 2 amide bonds. The fourth-order valence-electron chi connectivity index (χ4n) is 3.39. The maximum Gasteiger partial charge on any atom is 0.328 e. The maximum atomic E-state index is 13.1. The third-order valence-electron chi connectivity index (χ3n) is 5.63. The van der Waals surface area contributed by atoms with Crippen molar-refractivity contribution in [3.8, 4) is 0 Å². The van der Waals surface area contributed by atoms with Crippen LogP contribution in [0.4, 0.5) is 0 Å². The van der Waals surface area contributed by atoms with Crippen LogP contribution < -0.4 is 10.6 Å². The largest absolute Gasteiger partial charge is 0.466 e. The Kier molecular flexibility index (Phi) is 9.70. The molecule has 0 radical (unpaired) electrons. The molecular weight excluding hydrogens is 448 g/mol.